The third-order valence-electron chi connectivity index (χ3n) is 2.46. The molecule has 92 valence electrons. The molecular formula is C12H15FN2O2. The average Bonchev–Trinajstić information content (AvgIpc) is 2.35. The third-order valence-corrected chi connectivity index (χ3v) is 2.46. The molecule has 1 rings (SSSR count). The summed E-state index contributed by atoms with van der Waals surface area (Å²) in [6.07, 6.45) is -0.414. The highest BCUT2D eigenvalue weighted by molar-refractivity contribution is 5.55. The zero-order valence-corrected chi connectivity index (χ0v) is 10.1. The number of ether oxygens (including phenoxy) is 2. The van der Waals surface area contributed by atoms with E-state index in [1.54, 1.807) is 13.0 Å². The van der Waals surface area contributed by atoms with Crippen molar-refractivity contribution in [3.8, 4) is 6.07 Å². The lowest BCUT2D eigenvalue weighted by atomic mass is 10.1. The van der Waals surface area contributed by atoms with Crippen LogP contribution in [0.2, 0.25) is 0 Å². The highest BCUT2D eigenvalue weighted by Gasteiger charge is 2.09. The first kappa shape index (κ1) is 13.4. The number of nitrogens with zero attached hydrogens (tertiary/aromatic N) is 1. The van der Waals surface area contributed by atoms with Crippen molar-refractivity contribution in [3.63, 3.8) is 0 Å². The van der Waals surface area contributed by atoms with E-state index >= 15 is 0 Å². The highest BCUT2D eigenvalue weighted by atomic mass is 19.1. The van der Waals surface area contributed by atoms with Gasteiger partial charge in [-0.3, -0.25) is 0 Å². The molecule has 0 unspecified atom stereocenters. The van der Waals surface area contributed by atoms with Crippen molar-refractivity contribution in [3.05, 3.63) is 29.1 Å². The normalized spacial score (nSPS) is 10.4. The Morgan fingerprint density at radius 1 is 1.41 bits per heavy atom. The molecule has 0 bridgehead atoms. The van der Waals surface area contributed by atoms with Gasteiger partial charge in [-0.05, 0) is 19.1 Å². The first-order chi connectivity index (χ1) is 8.12. The minimum absolute atomic E-state index is 0.280. The lowest BCUT2D eigenvalue weighted by molar-refractivity contribution is -0.0914. The summed E-state index contributed by atoms with van der Waals surface area (Å²) in [6.45, 7) is 2.02. The number of methoxy groups -OCH3 is 2. The Kier molecular flexibility index (Phi) is 4.88. The highest BCUT2D eigenvalue weighted by Crippen LogP contribution is 2.20. The zero-order valence-electron chi connectivity index (χ0n) is 10.1. The number of hydrogen-bond donors (Lipinski definition) is 1. The summed E-state index contributed by atoms with van der Waals surface area (Å²) in [5.41, 5.74) is 1.32. The Hall–Kier alpha value is -1.64. The van der Waals surface area contributed by atoms with Crippen LogP contribution in [-0.2, 0) is 9.47 Å². The molecule has 1 N–H and O–H groups in total. The number of hydrogen-bond acceptors (Lipinski definition) is 4. The van der Waals surface area contributed by atoms with Crippen molar-refractivity contribution in [1.29, 1.82) is 5.26 Å². The van der Waals surface area contributed by atoms with Crippen LogP contribution in [0.15, 0.2) is 12.1 Å². The molecular weight excluding hydrogens is 223 g/mol. The molecule has 5 heteroatoms. The first-order valence-electron chi connectivity index (χ1n) is 5.12. The minimum Gasteiger partial charge on any atom is -0.380 e. The lowest BCUT2D eigenvalue weighted by Crippen LogP contribution is -2.24. The second-order valence-corrected chi connectivity index (χ2v) is 3.52. The van der Waals surface area contributed by atoms with Crippen LogP contribution in [0.3, 0.4) is 0 Å². The van der Waals surface area contributed by atoms with E-state index in [4.69, 9.17) is 14.7 Å². The minimum atomic E-state index is -0.414. The van der Waals surface area contributed by atoms with E-state index in [0.29, 0.717) is 17.8 Å². The molecule has 1 aromatic carbocycles. The van der Waals surface area contributed by atoms with E-state index in [-0.39, 0.29) is 5.56 Å². The lowest BCUT2D eigenvalue weighted by Gasteiger charge is -2.16. The van der Waals surface area contributed by atoms with Crippen LogP contribution < -0.4 is 5.32 Å². The maximum Gasteiger partial charge on any atom is 0.173 e. The fraction of sp³-hybridized carbons (Fsp3) is 0.417. The molecule has 0 aromatic heterocycles. The molecule has 17 heavy (non-hydrogen) atoms. The molecule has 0 spiro atoms. The predicted octanol–water partition coefficient (Wildman–Crippen LogP) is 2.04. The molecule has 0 heterocycles. The Bertz CT molecular complexity index is 425. The number of nitriles is 1. The monoisotopic (exact) mass is 238 g/mol. The number of benzene rings is 1. The first-order valence-corrected chi connectivity index (χ1v) is 5.12. The number of anilines is 1. The van der Waals surface area contributed by atoms with E-state index in [0.717, 1.165) is 0 Å². The van der Waals surface area contributed by atoms with Gasteiger partial charge in [-0.15, -0.1) is 0 Å². The second kappa shape index (κ2) is 6.18. The SMILES string of the molecule is COC(CNc1cc(C#N)cc(F)c1C)OC. The summed E-state index contributed by atoms with van der Waals surface area (Å²) in [6, 6.07) is 4.72. The van der Waals surface area contributed by atoms with E-state index < -0.39 is 12.1 Å². The van der Waals surface area contributed by atoms with Gasteiger partial charge in [0.15, 0.2) is 6.29 Å². The van der Waals surface area contributed by atoms with Gasteiger partial charge in [0, 0.05) is 25.5 Å². The molecule has 0 aliphatic rings. The molecule has 0 saturated heterocycles. The van der Waals surface area contributed by atoms with E-state index in [9.17, 15) is 4.39 Å². The molecule has 0 radical (unpaired) electrons. The quantitative estimate of drug-likeness (QED) is 0.797. The second-order valence-electron chi connectivity index (χ2n) is 3.52. The van der Waals surface area contributed by atoms with Gasteiger partial charge in [-0.2, -0.15) is 5.26 Å². The van der Waals surface area contributed by atoms with Crippen LogP contribution in [0, 0.1) is 24.1 Å². The van der Waals surface area contributed by atoms with Crippen molar-refractivity contribution in [2.45, 2.75) is 13.2 Å². The summed E-state index contributed by atoms with van der Waals surface area (Å²) in [5.74, 6) is -0.405. The standard InChI is InChI=1S/C12H15FN2O2/c1-8-10(13)4-9(6-14)5-11(8)15-7-12(16-2)17-3/h4-5,12,15H,7H2,1-3H3. The van der Waals surface area contributed by atoms with Gasteiger partial charge in [0.1, 0.15) is 5.82 Å². The molecule has 0 aliphatic heterocycles. The summed E-state index contributed by atoms with van der Waals surface area (Å²) < 4.78 is 23.5. The Labute approximate surface area is 100.0 Å². The fourth-order valence-electron chi connectivity index (χ4n) is 1.38. The van der Waals surface area contributed by atoms with Crippen LogP contribution in [0.1, 0.15) is 11.1 Å². The van der Waals surface area contributed by atoms with Gasteiger partial charge in [-0.25, -0.2) is 4.39 Å². The average molecular weight is 238 g/mol. The van der Waals surface area contributed by atoms with Crippen molar-refractivity contribution >= 4 is 5.69 Å². The van der Waals surface area contributed by atoms with E-state index in [1.807, 2.05) is 6.07 Å². The third kappa shape index (κ3) is 3.41. The van der Waals surface area contributed by atoms with Gasteiger partial charge in [0.05, 0.1) is 18.2 Å². The maximum absolute atomic E-state index is 13.5. The van der Waals surface area contributed by atoms with E-state index in [1.165, 1.54) is 20.3 Å². The van der Waals surface area contributed by atoms with Crippen molar-refractivity contribution in [1.82, 2.24) is 0 Å². The smallest absolute Gasteiger partial charge is 0.173 e. The molecule has 0 amide bonds. The van der Waals surface area contributed by atoms with Crippen LogP contribution in [0.25, 0.3) is 0 Å². The molecule has 0 fully saturated rings. The van der Waals surface area contributed by atoms with Crippen molar-refractivity contribution in [2.75, 3.05) is 26.1 Å². The van der Waals surface area contributed by atoms with Gasteiger partial charge >= 0.3 is 0 Å². The zero-order chi connectivity index (χ0) is 12.8. The van der Waals surface area contributed by atoms with Gasteiger partial charge in [-0.1, -0.05) is 0 Å². The largest absolute Gasteiger partial charge is 0.380 e. The van der Waals surface area contributed by atoms with Crippen LogP contribution in [0.4, 0.5) is 10.1 Å². The van der Waals surface area contributed by atoms with Crippen molar-refractivity contribution < 1.29 is 13.9 Å². The molecule has 4 nitrogen and oxygen atoms in total. The fourth-order valence-corrected chi connectivity index (χ4v) is 1.38. The number of halogens is 1. The van der Waals surface area contributed by atoms with Gasteiger partial charge in [0.2, 0.25) is 0 Å². The molecule has 1 aromatic rings. The molecule has 0 aliphatic carbocycles. The summed E-state index contributed by atoms with van der Waals surface area (Å²) in [5, 5.41) is 11.7. The van der Waals surface area contributed by atoms with Crippen LogP contribution in [0.5, 0.6) is 0 Å². The number of rotatable bonds is 5. The van der Waals surface area contributed by atoms with E-state index in [2.05, 4.69) is 5.32 Å². The summed E-state index contributed by atoms with van der Waals surface area (Å²) in [7, 11) is 3.05. The summed E-state index contributed by atoms with van der Waals surface area (Å²) in [4.78, 5) is 0. The van der Waals surface area contributed by atoms with Crippen LogP contribution >= 0.6 is 0 Å². The van der Waals surface area contributed by atoms with Crippen LogP contribution in [-0.4, -0.2) is 27.1 Å². The Morgan fingerprint density at radius 2 is 2.06 bits per heavy atom. The van der Waals surface area contributed by atoms with Crippen molar-refractivity contribution in [2.24, 2.45) is 0 Å². The Balaban J connectivity index is 2.84. The van der Waals surface area contributed by atoms with Gasteiger partial charge < -0.3 is 14.8 Å². The number of nitrogens with one attached hydrogen (secondary N) is 1. The topological polar surface area (TPSA) is 54.3 Å². The Morgan fingerprint density at radius 3 is 2.59 bits per heavy atom. The molecule has 0 atom stereocenters. The molecule has 0 saturated carbocycles. The maximum atomic E-state index is 13.5. The van der Waals surface area contributed by atoms with Gasteiger partial charge in [0.25, 0.3) is 0 Å². The summed E-state index contributed by atoms with van der Waals surface area (Å²) >= 11 is 0. The predicted molar refractivity (Wildman–Crippen MR) is 62.1 cm³/mol.